The van der Waals surface area contributed by atoms with E-state index >= 15 is 0 Å². The van der Waals surface area contributed by atoms with Crippen LogP contribution in [0.25, 0.3) is 0 Å². The molecule has 0 bridgehead atoms. The van der Waals surface area contributed by atoms with Crippen LogP contribution in [0.2, 0.25) is 0 Å². The van der Waals surface area contributed by atoms with Crippen molar-refractivity contribution in [3.05, 3.63) is 65.2 Å². The number of likely N-dealkylation sites (tertiary alicyclic amines) is 1. The van der Waals surface area contributed by atoms with Gasteiger partial charge in [0.1, 0.15) is 0 Å². The minimum absolute atomic E-state index is 0.0335. The largest absolute Gasteiger partial charge is 0.342 e. The van der Waals surface area contributed by atoms with Crippen LogP contribution in [0.15, 0.2) is 47.4 Å². The molecule has 1 N–H and O–H groups in total. The summed E-state index contributed by atoms with van der Waals surface area (Å²) in [6.07, 6.45) is 2.17. The average Bonchev–Trinajstić information content (AvgIpc) is 2.73. The van der Waals surface area contributed by atoms with Crippen molar-refractivity contribution in [3.8, 4) is 0 Å². The fourth-order valence-electron chi connectivity index (χ4n) is 3.59. The number of piperidine rings is 1. The van der Waals surface area contributed by atoms with Gasteiger partial charge in [0.2, 0.25) is 15.9 Å². The average molecular weight is 437 g/mol. The molecule has 0 spiro atoms. The van der Waals surface area contributed by atoms with Crippen molar-refractivity contribution >= 4 is 15.9 Å². The Labute approximate surface area is 176 Å². The second kappa shape index (κ2) is 9.66. The zero-order chi connectivity index (χ0) is 21.7. The molecule has 162 valence electrons. The van der Waals surface area contributed by atoms with Crippen molar-refractivity contribution in [1.29, 1.82) is 0 Å². The van der Waals surface area contributed by atoms with Gasteiger partial charge in [0.25, 0.3) is 0 Å². The van der Waals surface area contributed by atoms with Crippen molar-refractivity contribution < 1.29 is 22.0 Å². The second-order valence-electron chi connectivity index (χ2n) is 7.76. The number of carbonyl (C=O) groups excluding carboxylic acids is 1. The summed E-state index contributed by atoms with van der Waals surface area (Å²) in [5, 5.41) is 0. The highest BCUT2D eigenvalue weighted by atomic mass is 32.2. The molecule has 0 aromatic heterocycles. The molecule has 8 heteroatoms. The number of benzene rings is 2. The number of amides is 1. The first-order valence-corrected chi connectivity index (χ1v) is 11.5. The zero-order valence-electron chi connectivity index (χ0n) is 16.9. The maximum absolute atomic E-state index is 13.3. The van der Waals surface area contributed by atoms with Crippen LogP contribution in [-0.2, 0) is 21.2 Å². The van der Waals surface area contributed by atoms with Crippen LogP contribution in [0.5, 0.6) is 0 Å². The van der Waals surface area contributed by atoms with Crippen LogP contribution in [0.1, 0.15) is 30.4 Å². The maximum atomic E-state index is 13.3. The maximum Gasteiger partial charge on any atom is 0.240 e. The second-order valence-corrected chi connectivity index (χ2v) is 9.53. The third-order valence-electron chi connectivity index (χ3n) is 5.38. The third-order valence-corrected chi connectivity index (χ3v) is 6.82. The fourth-order valence-corrected chi connectivity index (χ4v) is 4.71. The summed E-state index contributed by atoms with van der Waals surface area (Å²) in [7, 11) is -3.59. The van der Waals surface area contributed by atoms with Crippen LogP contribution in [0, 0.1) is 24.5 Å². The Morgan fingerprint density at radius 3 is 2.57 bits per heavy atom. The Kier molecular flexibility index (Phi) is 7.20. The summed E-state index contributed by atoms with van der Waals surface area (Å²) in [5.74, 6) is -1.85. The van der Waals surface area contributed by atoms with Gasteiger partial charge < -0.3 is 4.90 Å². The Hall–Kier alpha value is -2.32. The van der Waals surface area contributed by atoms with Crippen molar-refractivity contribution in [2.75, 3.05) is 19.6 Å². The predicted molar refractivity (Wildman–Crippen MR) is 110 cm³/mol. The lowest BCUT2D eigenvalue weighted by Gasteiger charge is -2.33. The summed E-state index contributed by atoms with van der Waals surface area (Å²) >= 11 is 0. The Balaban J connectivity index is 1.51. The zero-order valence-corrected chi connectivity index (χ0v) is 17.7. The van der Waals surface area contributed by atoms with E-state index in [9.17, 15) is 22.0 Å². The molecule has 1 aliphatic heterocycles. The monoisotopic (exact) mass is 436 g/mol. The van der Waals surface area contributed by atoms with Gasteiger partial charge in [0, 0.05) is 26.1 Å². The molecule has 0 saturated carbocycles. The van der Waals surface area contributed by atoms with Crippen LogP contribution in [0.3, 0.4) is 0 Å². The van der Waals surface area contributed by atoms with E-state index in [1.54, 1.807) is 29.2 Å². The molecule has 3 rings (SSSR count). The minimum Gasteiger partial charge on any atom is -0.342 e. The summed E-state index contributed by atoms with van der Waals surface area (Å²) in [5.41, 5.74) is 1.56. The smallest absolute Gasteiger partial charge is 0.240 e. The van der Waals surface area contributed by atoms with Gasteiger partial charge in [-0.05, 0) is 61.9 Å². The number of halogens is 2. The van der Waals surface area contributed by atoms with Crippen molar-refractivity contribution in [2.45, 2.75) is 37.5 Å². The fraction of sp³-hybridized carbons (Fsp3) is 0.409. The molecular formula is C22H26F2N2O3S. The third kappa shape index (κ3) is 5.86. The number of aryl methyl sites for hydroxylation is 2. The topological polar surface area (TPSA) is 66.5 Å². The summed E-state index contributed by atoms with van der Waals surface area (Å²) in [4.78, 5) is 14.5. The lowest BCUT2D eigenvalue weighted by molar-refractivity contribution is -0.132. The van der Waals surface area contributed by atoms with Gasteiger partial charge in [0.05, 0.1) is 4.90 Å². The van der Waals surface area contributed by atoms with Gasteiger partial charge >= 0.3 is 0 Å². The van der Waals surface area contributed by atoms with E-state index in [1.165, 1.54) is 6.07 Å². The normalized spacial score (nSPS) is 17.2. The minimum atomic E-state index is -3.59. The highest BCUT2D eigenvalue weighted by Gasteiger charge is 2.25. The Bertz CT molecular complexity index is 994. The number of rotatable bonds is 7. The molecule has 2 aromatic rings. The van der Waals surface area contributed by atoms with Crippen molar-refractivity contribution in [2.24, 2.45) is 5.92 Å². The van der Waals surface area contributed by atoms with Gasteiger partial charge in [-0.25, -0.2) is 21.9 Å². The standard InChI is InChI=1S/C22H26F2N2O3S/c1-16-4-8-19(9-5-16)30(28,29)25-14-18-3-2-12-26(15-18)22(27)11-7-17-6-10-20(23)21(24)13-17/h4-6,8-10,13,18,25H,2-3,7,11-12,14-15H2,1H3. The number of hydrogen-bond acceptors (Lipinski definition) is 3. The van der Waals surface area contributed by atoms with Gasteiger partial charge in [-0.1, -0.05) is 23.8 Å². The molecule has 1 heterocycles. The van der Waals surface area contributed by atoms with E-state index in [1.807, 2.05) is 6.92 Å². The number of nitrogens with one attached hydrogen (secondary N) is 1. The van der Waals surface area contributed by atoms with E-state index in [-0.39, 0.29) is 29.7 Å². The first kappa shape index (κ1) is 22.4. The summed E-state index contributed by atoms with van der Waals surface area (Å²) in [6.45, 7) is 3.26. The van der Waals surface area contributed by atoms with Gasteiger partial charge in [-0.3, -0.25) is 4.79 Å². The first-order chi connectivity index (χ1) is 14.2. The number of carbonyl (C=O) groups is 1. The molecule has 2 aromatic carbocycles. The van der Waals surface area contributed by atoms with E-state index in [0.29, 0.717) is 25.1 Å². The quantitative estimate of drug-likeness (QED) is 0.723. The number of nitrogens with zero attached hydrogens (tertiary/aromatic N) is 1. The molecule has 1 aliphatic rings. The molecule has 1 amide bonds. The van der Waals surface area contributed by atoms with Crippen LogP contribution < -0.4 is 4.72 Å². The van der Waals surface area contributed by atoms with Gasteiger partial charge in [-0.15, -0.1) is 0 Å². The van der Waals surface area contributed by atoms with Crippen LogP contribution in [-0.4, -0.2) is 38.9 Å². The lowest BCUT2D eigenvalue weighted by Crippen LogP contribution is -2.43. The molecule has 1 saturated heterocycles. The van der Waals surface area contributed by atoms with E-state index < -0.39 is 21.7 Å². The van der Waals surface area contributed by atoms with Gasteiger partial charge in [0.15, 0.2) is 11.6 Å². The first-order valence-electron chi connectivity index (χ1n) is 10.0. The highest BCUT2D eigenvalue weighted by Crippen LogP contribution is 2.19. The predicted octanol–water partition coefficient (Wildman–Crippen LogP) is 3.42. The van der Waals surface area contributed by atoms with Crippen molar-refractivity contribution in [3.63, 3.8) is 0 Å². The molecule has 30 heavy (non-hydrogen) atoms. The number of sulfonamides is 1. The summed E-state index contributed by atoms with van der Waals surface area (Å²) in [6, 6.07) is 10.3. The van der Waals surface area contributed by atoms with E-state index in [2.05, 4.69) is 4.72 Å². The summed E-state index contributed by atoms with van der Waals surface area (Å²) < 4.78 is 53.9. The highest BCUT2D eigenvalue weighted by molar-refractivity contribution is 7.89. The van der Waals surface area contributed by atoms with Crippen molar-refractivity contribution in [1.82, 2.24) is 9.62 Å². The lowest BCUT2D eigenvalue weighted by atomic mass is 9.97. The number of hydrogen-bond donors (Lipinski definition) is 1. The molecular weight excluding hydrogens is 410 g/mol. The van der Waals surface area contributed by atoms with Gasteiger partial charge in [-0.2, -0.15) is 0 Å². The molecule has 5 nitrogen and oxygen atoms in total. The molecule has 0 aliphatic carbocycles. The Morgan fingerprint density at radius 2 is 1.87 bits per heavy atom. The van der Waals surface area contributed by atoms with E-state index in [4.69, 9.17) is 0 Å². The van der Waals surface area contributed by atoms with E-state index in [0.717, 1.165) is 30.5 Å². The van der Waals surface area contributed by atoms with Crippen LogP contribution in [0.4, 0.5) is 8.78 Å². The molecule has 1 fully saturated rings. The molecule has 1 unspecified atom stereocenters. The Morgan fingerprint density at radius 1 is 1.13 bits per heavy atom. The van der Waals surface area contributed by atoms with Crippen LogP contribution >= 0.6 is 0 Å². The molecule has 1 atom stereocenters. The SMILES string of the molecule is Cc1ccc(S(=O)(=O)NCC2CCCN(C(=O)CCc3ccc(F)c(F)c3)C2)cc1. The molecule has 0 radical (unpaired) electrons.